The molecule has 2 rings (SSSR count). The maximum atomic E-state index is 2.54. The van der Waals surface area contributed by atoms with Crippen molar-refractivity contribution in [3.63, 3.8) is 0 Å². The minimum Gasteiger partial charge on any atom is -0.0853 e. The van der Waals surface area contributed by atoms with Gasteiger partial charge in [0.25, 0.3) is 0 Å². The van der Waals surface area contributed by atoms with E-state index in [9.17, 15) is 0 Å². The largest absolute Gasteiger partial charge is 0.0853 e. The lowest BCUT2D eigenvalue weighted by molar-refractivity contribution is 0.514. The van der Waals surface area contributed by atoms with Gasteiger partial charge in [-0.2, -0.15) is 0 Å². The van der Waals surface area contributed by atoms with Crippen molar-refractivity contribution in [1.29, 1.82) is 0 Å². The summed E-state index contributed by atoms with van der Waals surface area (Å²) in [6.07, 6.45) is 14.7. The molecular formula is C19H28. The standard InChI is InChI=1S/C19H28/c1-2-3-4-5-7-10-17-13-15-19(16-14-17)18-11-8-6-9-12-18/h6,8-12,19H,2-5,7,13-16H2,1H3. The average molecular weight is 256 g/mol. The van der Waals surface area contributed by atoms with Gasteiger partial charge < -0.3 is 0 Å². The predicted octanol–water partition coefficient (Wildman–Crippen LogP) is 6.24. The fourth-order valence-electron chi connectivity index (χ4n) is 3.13. The molecule has 0 heterocycles. The minimum absolute atomic E-state index is 0.804. The molecule has 19 heavy (non-hydrogen) atoms. The summed E-state index contributed by atoms with van der Waals surface area (Å²) in [7, 11) is 0. The van der Waals surface area contributed by atoms with E-state index in [4.69, 9.17) is 0 Å². The maximum Gasteiger partial charge on any atom is -0.0156 e. The third kappa shape index (κ3) is 4.86. The molecule has 0 amide bonds. The Morgan fingerprint density at radius 3 is 2.42 bits per heavy atom. The highest BCUT2D eigenvalue weighted by molar-refractivity contribution is 5.22. The highest BCUT2D eigenvalue weighted by Crippen LogP contribution is 2.35. The second-order valence-corrected chi connectivity index (χ2v) is 5.90. The molecule has 1 saturated carbocycles. The zero-order chi connectivity index (χ0) is 13.3. The van der Waals surface area contributed by atoms with Gasteiger partial charge in [0, 0.05) is 0 Å². The van der Waals surface area contributed by atoms with Crippen LogP contribution in [0.15, 0.2) is 42.0 Å². The smallest absolute Gasteiger partial charge is 0.0156 e. The Hall–Kier alpha value is -1.04. The molecule has 1 aromatic carbocycles. The number of unbranched alkanes of at least 4 members (excludes halogenated alkanes) is 4. The quantitative estimate of drug-likeness (QED) is 0.417. The number of allylic oxidation sites excluding steroid dienone is 2. The highest BCUT2D eigenvalue weighted by atomic mass is 14.2. The van der Waals surface area contributed by atoms with Crippen LogP contribution in [-0.4, -0.2) is 0 Å². The van der Waals surface area contributed by atoms with Crippen LogP contribution in [0, 0.1) is 0 Å². The first-order valence-corrected chi connectivity index (χ1v) is 8.13. The molecule has 0 spiro atoms. The van der Waals surface area contributed by atoms with Gasteiger partial charge in [-0.3, -0.25) is 0 Å². The van der Waals surface area contributed by atoms with Crippen molar-refractivity contribution in [2.75, 3.05) is 0 Å². The number of benzene rings is 1. The lowest BCUT2D eigenvalue weighted by Gasteiger charge is -2.24. The molecule has 1 aliphatic carbocycles. The molecule has 104 valence electrons. The van der Waals surface area contributed by atoms with Gasteiger partial charge >= 0.3 is 0 Å². The van der Waals surface area contributed by atoms with Crippen LogP contribution in [0.1, 0.15) is 76.2 Å². The molecule has 0 N–H and O–H groups in total. The van der Waals surface area contributed by atoms with Crippen molar-refractivity contribution >= 4 is 0 Å². The van der Waals surface area contributed by atoms with E-state index in [1.54, 1.807) is 11.1 Å². The molecule has 1 fully saturated rings. The molecule has 0 nitrogen and oxygen atoms in total. The Labute approximate surface area is 118 Å². The number of hydrogen-bond donors (Lipinski definition) is 0. The molecule has 1 aromatic rings. The van der Waals surface area contributed by atoms with Gasteiger partial charge in [-0.05, 0) is 50.0 Å². The average Bonchev–Trinajstić information content (AvgIpc) is 2.49. The van der Waals surface area contributed by atoms with Crippen LogP contribution in [0.2, 0.25) is 0 Å². The molecular weight excluding hydrogens is 228 g/mol. The number of hydrogen-bond acceptors (Lipinski definition) is 0. The van der Waals surface area contributed by atoms with Gasteiger partial charge in [0.1, 0.15) is 0 Å². The van der Waals surface area contributed by atoms with Gasteiger partial charge in [0.05, 0.1) is 0 Å². The van der Waals surface area contributed by atoms with Crippen molar-refractivity contribution in [3.8, 4) is 0 Å². The van der Waals surface area contributed by atoms with E-state index in [2.05, 4.69) is 43.3 Å². The summed E-state index contributed by atoms with van der Waals surface area (Å²) in [5, 5.41) is 0. The summed E-state index contributed by atoms with van der Waals surface area (Å²) in [4.78, 5) is 0. The topological polar surface area (TPSA) is 0 Å². The zero-order valence-corrected chi connectivity index (χ0v) is 12.4. The van der Waals surface area contributed by atoms with Crippen LogP contribution in [0.5, 0.6) is 0 Å². The Morgan fingerprint density at radius 2 is 1.74 bits per heavy atom. The first kappa shape index (κ1) is 14.4. The molecule has 0 heteroatoms. The number of rotatable bonds is 6. The van der Waals surface area contributed by atoms with E-state index in [1.165, 1.54) is 57.8 Å². The molecule has 0 saturated heterocycles. The molecule has 0 atom stereocenters. The molecule has 0 aromatic heterocycles. The fraction of sp³-hybridized carbons (Fsp3) is 0.579. The Bertz CT molecular complexity index is 364. The van der Waals surface area contributed by atoms with Gasteiger partial charge in [-0.1, -0.05) is 68.2 Å². The predicted molar refractivity (Wildman–Crippen MR) is 84.5 cm³/mol. The van der Waals surface area contributed by atoms with E-state index in [1.807, 2.05) is 0 Å². The van der Waals surface area contributed by atoms with Crippen LogP contribution in [0.4, 0.5) is 0 Å². The van der Waals surface area contributed by atoms with Gasteiger partial charge in [-0.15, -0.1) is 0 Å². The Kier molecular flexibility index (Phi) is 6.20. The summed E-state index contributed by atoms with van der Waals surface area (Å²) in [5.74, 6) is 0.804. The SMILES string of the molecule is CCCCCCC=C1CCC(c2ccccc2)CC1. The van der Waals surface area contributed by atoms with E-state index >= 15 is 0 Å². The van der Waals surface area contributed by atoms with Crippen molar-refractivity contribution in [1.82, 2.24) is 0 Å². The van der Waals surface area contributed by atoms with Crippen molar-refractivity contribution < 1.29 is 0 Å². The second-order valence-electron chi connectivity index (χ2n) is 5.90. The zero-order valence-electron chi connectivity index (χ0n) is 12.4. The van der Waals surface area contributed by atoms with Gasteiger partial charge in [0.15, 0.2) is 0 Å². The van der Waals surface area contributed by atoms with Crippen LogP contribution in [-0.2, 0) is 0 Å². The molecule has 0 radical (unpaired) electrons. The van der Waals surface area contributed by atoms with E-state index < -0.39 is 0 Å². The van der Waals surface area contributed by atoms with Crippen LogP contribution < -0.4 is 0 Å². The van der Waals surface area contributed by atoms with E-state index in [0.717, 1.165) is 5.92 Å². The van der Waals surface area contributed by atoms with Crippen LogP contribution in [0.25, 0.3) is 0 Å². The molecule has 0 unspecified atom stereocenters. The van der Waals surface area contributed by atoms with Crippen molar-refractivity contribution in [2.45, 2.75) is 70.6 Å². The molecule has 0 aliphatic heterocycles. The molecule has 0 bridgehead atoms. The van der Waals surface area contributed by atoms with Crippen LogP contribution >= 0.6 is 0 Å². The van der Waals surface area contributed by atoms with E-state index in [-0.39, 0.29) is 0 Å². The van der Waals surface area contributed by atoms with Crippen molar-refractivity contribution in [3.05, 3.63) is 47.5 Å². The Balaban J connectivity index is 1.72. The van der Waals surface area contributed by atoms with Crippen LogP contribution in [0.3, 0.4) is 0 Å². The highest BCUT2D eigenvalue weighted by Gasteiger charge is 2.17. The normalized spacial score (nSPS) is 19.4. The third-order valence-corrected chi connectivity index (χ3v) is 4.39. The lowest BCUT2D eigenvalue weighted by Crippen LogP contribution is -2.06. The minimum atomic E-state index is 0.804. The van der Waals surface area contributed by atoms with E-state index in [0.29, 0.717) is 0 Å². The Morgan fingerprint density at radius 1 is 1.00 bits per heavy atom. The summed E-state index contributed by atoms with van der Waals surface area (Å²) in [6, 6.07) is 11.1. The monoisotopic (exact) mass is 256 g/mol. The summed E-state index contributed by atoms with van der Waals surface area (Å²) < 4.78 is 0. The lowest BCUT2D eigenvalue weighted by atomic mass is 9.81. The molecule has 1 aliphatic rings. The van der Waals surface area contributed by atoms with Gasteiger partial charge in [0.2, 0.25) is 0 Å². The maximum absolute atomic E-state index is 2.54. The summed E-state index contributed by atoms with van der Waals surface area (Å²) in [6.45, 7) is 2.28. The third-order valence-electron chi connectivity index (χ3n) is 4.39. The summed E-state index contributed by atoms with van der Waals surface area (Å²) >= 11 is 0. The summed E-state index contributed by atoms with van der Waals surface area (Å²) in [5.41, 5.74) is 3.27. The fourth-order valence-corrected chi connectivity index (χ4v) is 3.13. The first-order valence-electron chi connectivity index (χ1n) is 8.13. The van der Waals surface area contributed by atoms with Gasteiger partial charge in [-0.25, -0.2) is 0 Å². The van der Waals surface area contributed by atoms with Crippen molar-refractivity contribution in [2.24, 2.45) is 0 Å². The second kappa shape index (κ2) is 8.19. The first-order chi connectivity index (χ1) is 9.40.